The molecule has 0 fully saturated rings. The highest BCUT2D eigenvalue weighted by molar-refractivity contribution is 6.10. The van der Waals surface area contributed by atoms with Gasteiger partial charge in [-0.15, -0.1) is 0 Å². The third-order valence-electron chi connectivity index (χ3n) is 4.29. The lowest BCUT2D eigenvalue weighted by atomic mass is 10.1. The van der Waals surface area contributed by atoms with Crippen molar-refractivity contribution in [2.24, 2.45) is 0 Å². The van der Waals surface area contributed by atoms with Gasteiger partial charge in [0.2, 0.25) is 11.8 Å². The van der Waals surface area contributed by atoms with Crippen molar-refractivity contribution in [2.45, 2.75) is 0 Å². The second-order valence-electron chi connectivity index (χ2n) is 6.42. The van der Waals surface area contributed by atoms with Gasteiger partial charge in [-0.25, -0.2) is 0 Å². The SMILES string of the molecule is O=C(C=Cc1ccco1)Nc1cc2ccccc2cc1NC(=O)C=Cc1ccco1. The van der Waals surface area contributed by atoms with Crippen LogP contribution in [-0.2, 0) is 9.59 Å². The summed E-state index contributed by atoms with van der Waals surface area (Å²) in [6.07, 6.45) is 8.95. The van der Waals surface area contributed by atoms with Gasteiger partial charge in [0.15, 0.2) is 0 Å². The molecule has 0 spiro atoms. The summed E-state index contributed by atoms with van der Waals surface area (Å²) in [5.41, 5.74) is 0.977. The predicted octanol–water partition coefficient (Wildman–Crippen LogP) is 5.33. The number of furan rings is 2. The second-order valence-corrected chi connectivity index (χ2v) is 6.42. The number of carbonyl (C=O) groups excluding carboxylic acids is 2. The Labute approximate surface area is 172 Å². The maximum absolute atomic E-state index is 12.4. The largest absolute Gasteiger partial charge is 0.465 e. The zero-order chi connectivity index (χ0) is 20.8. The number of amides is 2. The molecule has 0 unspecified atom stereocenters. The molecule has 2 heterocycles. The maximum atomic E-state index is 12.4. The van der Waals surface area contributed by atoms with Gasteiger partial charge in [-0.1, -0.05) is 24.3 Å². The van der Waals surface area contributed by atoms with Crippen LogP contribution in [0.3, 0.4) is 0 Å². The fraction of sp³-hybridized carbons (Fsp3) is 0. The van der Waals surface area contributed by atoms with Crippen molar-refractivity contribution in [3.8, 4) is 0 Å². The maximum Gasteiger partial charge on any atom is 0.248 e. The summed E-state index contributed by atoms with van der Waals surface area (Å²) < 4.78 is 10.4. The average Bonchev–Trinajstić information content (AvgIpc) is 3.45. The van der Waals surface area contributed by atoms with Crippen LogP contribution >= 0.6 is 0 Å². The minimum absolute atomic E-state index is 0.344. The van der Waals surface area contributed by atoms with E-state index in [-0.39, 0.29) is 11.8 Å². The fourth-order valence-corrected chi connectivity index (χ4v) is 2.88. The van der Waals surface area contributed by atoms with E-state index in [1.807, 2.05) is 36.4 Å². The van der Waals surface area contributed by atoms with Crippen molar-refractivity contribution in [2.75, 3.05) is 10.6 Å². The van der Waals surface area contributed by atoms with E-state index < -0.39 is 0 Å². The van der Waals surface area contributed by atoms with Crippen molar-refractivity contribution in [1.29, 1.82) is 0 Å². The van der Waals surface area contributed by atoms with Gasteiger partial charge in [-0.05, 0) is 59.3 Å². The summed E-state index contributed by atoms with van der Waals surface area (Å²) in [6.45, 7) is 0. The first kappa shape index (κ1) is 19.0. The second kappa shape index (κ2) is 8.79. The first-order valence-corrected chi connectivity index (χ1v) is 9.25. The molecule has 0 saturated heterocycles. The number of hydrogen-bond donors (Lipinski definition) is 2. The highest BCUT2D eigenvalue weighted by atomic mass is 16.3. The van der Waals surface area contributed by atoms with Crippen LogP contribution in [-0.4, -0.2) is 11.8 Å². The predicted molar refractivity (Wildman–Crippen MR) is 117 cm³/mol. The molecule has 0 bridgehead atoms. The lowest BCUT2D eigenvalue weighted by Crippen LogP contribution is -2.13. The number of hydrogen-bond acceptors (Lipinski definition) is 4. The number of nitrogens with one attached hydrogen (secondary N) is 2. The summed E-state index contributed by atoms with van der Waals surface area (Å²) in [5.74, 6) is 0.451. The minimum Gasteiger partial charge on any atom is -0.465 e. The van der Waals surface area contributed by atoms with Gasteiger partial charge in [0.05, 0.1) is 23.9 Å². The van der Waals surface area contributed by atoms with Gasteiger partial charge < -0.3 is 19.5 Å². The van der Waals surface area contributed by atoms with E-state index in [9.17, 15) is 9.59 Å². The Morgan fingerprint density at radius 3 is 1.53 bits per heavy atom. The third kappa shape index (κ3) is 4.74. The highest BCUT2D eigenvalue weighted by Gasteiger charge is 2.10. The Bertz CT molecular complexity index is 1120. The van der Waals surface area contributed by atoms with Gasteiger partial charge in [0, 0.05) is 12.2 Å². The van der Waals surface area contributed by atoms with Crippen LogP contribution in [0.15, 0.2) is 94.2 Å². The minimum atomic E-state index is -0.344. The molecule has 4 rings (SSSR count). The molecular weight excluding hydrogens is 380 g/mol. The summed E-state index contributed by atoms with van der Waals surface area (Å²) >= 11 is 0. The van der Waals surface area contributed by atoms with Gasteiger partial charge in [0.25, 0.3) is 0 Å². The highest BCUT2D eigenvalue weighted by Crippen LogP contribution is 2.29. The van der Waals surface area contributed by atoms with Crippen LogP contribution in [0.1, 0.15) is 11.5 Å². The summed E-state index contributed by atoms with van der Waals surface area (Å²) in [7, 11) is 0. The zero-order valence-electron chi connectivity index (χ0n) is 15.9. The van der Waals surface area contributed by atoms with E-state index in [1.54, 1.807) is 36.4 Å². The lowest BCUT2D eigenvalue weighted by Gasteiger charge is -2.12. The van der Waals surface area contributed by atoms with Crippen molar-refractivity contribution in [1.82, 2.24) is 0 Å². The van der Waals surface area contributed by atoms with Crippen LogP contribution < -0.4 is 10.6 Å². The van der Waals surface area contributed by atoms with E-state index in [2.05, 4.69) is 10.6 Å². The van der Waals surface area contributed by atoms with E-state index >= 15 is 0 Å². The number of fused-ring (bicyclic) bond motifs is 1. The molecule has 0 aliphatic heterocycles. The van der Waals surface area contributed by atoms with E-state index in [1.165, 1.54) is 24.7 Å². The Balaban J connectivity index is 1.57. The van der Waals surface area contributed by atoms with Crippen LogP contribution in [0.5, 0.6) is 0 Å². The average molecular weight is 398 g/mol. The lowest BCUT2D eigenvalue weighted by molar-refractivity contribution is -0.112. The summed E-state index contributed by atoms with van der Waals surface area (Å²) in [4.78, 5) is 24.8. The van der Waals surface area contributed by atoms with Crippen LogP contribution in [0, 0.1) is 0 Å². The Morgan fingerprint density at radius 2 is 1.13 bits per heavy atom. The number of benzene rings is 2. The molecule has 148 valence electrons. The van der Waals surface area contributed by atoms with Crippen molar-refractivity contribution >= 4 is 46.1 Å². The molecule has 0 aliphatic rings. The molecule has 0 atom stereocenters. The molecule has 2 N–H and O–H groups in total. The molecule has 0 aliphatic carbocycles. The molecule has 30 heavy (non-hydrogen) atoms. The van der Waals surface area contributed by atoms with Crippen LogP contribution in [0.25, 0.3) is 22.9 Å². The first-order chi connectivity index (χ1) is 14.7. The first-order valence-electron chi connectivity index (χ1n) is 9.25. The van der Waals surface area contributed by atoms with Crippen molar-refractivity contribution < 1.29 is 18.4 Å². The zero-order valence-corrected chi connectivity index (χ0v) is 15.9. The Kier molecular flexibility index (Phi) is 5.57. The normalized spacial score (nSPS) is 11.3. The Morgan fingerprint density at radius 1 is 0.667 bits per heavy atom. The molecule has 4 aromatic rings. The van der Waals surface area contributed by atoms with E-state index in [4.69, 9.17) is 8.83 Å². The van der Waals surface area contributed by atoms with Gasteiger partial charge in [-0.2, -0.15) is 0 Å². The quantitative estimate of drug-likeness (QED) is 0.430. The molecule has 0 saturated carbocycles. The number of anilines is 2. The smallest absolute Gasteiger partial charge is 0.248 e. The number of carbonyl (C=O) groups is 2. The molecule has 2 aromatic heterocycles. The topological polar surface area (TPSA) is 84.5 Å². The molecule has 0 radical (unpaired) electrons. The van der Waals surface area contributed by atoms with Crippen molar-refractivity contribution in [3.63, 3.8) is 0 Å². The molecule has 6 nitrogen and oxygen atoms in total. The molecule has 2 aromatic carbocycles. The Hall–Kier alpha value is -4.32. The van der Waals surface area contributed by atoms with E-state index in [0.29, 0.717) is 22.9 Å². The van der Waals surface area contributed by atoms with Gasteiger partial charge in [-0.3, -0.25) is 9.59 Å². The van der Waals surface area contributed by atoms with Gasteiger partial charge >= 0.3 is 0 Å². The summed E-state index contributed by atoms with van der Waals surface area (Å²) in [6, 6.07) is 18.3. The standard InChI is InChI=1S/C24H18N2O4/c27-23(11-9-19-7-3-13-29-19)25-21-15-17-5-1-2-6-18(17)16-22(21)26-24(28)12-10-20-8-4-14-30-20/h1-16H,(H,25,27)(H,26,28). The fourth-order valence-electron chi connectivity index (χ4n) is 2.88. The van der Waals surface area contributed by atoms with Crippen molar-refractivity contribution in [3.05, 3.63) is 96.9 Å². The van der Waals surface area contributed by atoms with Crippen LogP contribution in [0.4, 0.5) is 11.4 Å². The third-order valence-corrected chi connectivity index (χ3v) is 4.29. The molecule has 2 amide bonds. The monoisotopic (exact) mass is 398 g/mol. The number of rotatable bonds is 6. The van der Waals surface area contributed by atoms with Crippen LogP contribution in [0.2, 0.25) is 0 Å². The summed E-state index contributed by atoms with van der Waals surface area (Å²) in [5, 5.41) is 7.50. The molecule has 6 heteroatoms. The van der Waals surface area contributed by atoms with E-state index in [0.717, 1.165) is 10.8 Å². The molecular formula is C24H18N2O4. The van der Waals surface area contributed by atoms with Gasteiger partial charge in [0.1, 0.15) is 11.5 Å².